The molecule has 0 spiro atoms. The summed E-state index contributed by atoms with van der Waals surface area (Å²) < 4.78 is 5.55. The van der Waals surface area contributed by atoms with Crippen LogP contribution in [0.2, 0.25) is 0 Å². The number of carbonyl (C=O) groups excluding carboxylic acids is 2. The maximum Gasteiger partial charge on any atom is 0.255 e. The van der Waals surface area contributed by atoms with Crippen LogP contribution in [0.25, 0.3) is 0 Å². The number of rotatable bonds is 6. The van der Waals surface area contributed by atoms with E-state index in [9.17, 15) is 9.59 Å². The van der Waals surface area contributed by atoms with E-state index in [1.165, 1.54) is 5.56 Å². The molecule has 1 atom stereocenters. The minimum absolute atomic E-state index is 0.00428. The van der Waals surface area contributed by atoms with E-state index in [0.29, 0.717) is 18.2 Å². The number of carbonyl (C=O) groups is 2. The van der Waals surface area contributed by atoms with Gasteiger partial charge in [-0.25, -0.2) is 0 Å². The Labute approximate surface area is 195 Å². The van der Waals surface area contributed by atoms with Crippen molar-refractivity contribution >= 4 is 23.2 Å². The van der Waals surface area contributed by atoms with Gasteiger partial charge >= 0.3 is 0 Å². The summed E-state index contributed by atoms with van der Waals surface area (Å²) >= 11 is 0. The number of amides is 2. The molecule has 0 aromatic heterocycles. The van der Waals surface area contributed by atoms with Crippen molar-refractivity contribution in [2.75, 3.05) is 23.0 Å². The van der Waals surface area contributed by atoms with Gasteiger partial charge in [-0.2, -0.15) is 0 Å². The molecule has 0 radical (unpaired) electrons. The second-order valence-corrected chi connectivity index (χ2v) is 8.67. The lowest BCUT2D eigenvalue weighted by molar-refractivity contribution is -0.128. The number of ether oxygens (including phenoxy) is 1. The molecule has 4 rings (SSSR count). The minimum atomic E-state index is -0.744. The number of hydrogen-bond acceptors (Lipinski definition) is 3. The Kier molecular flexibility index (Phi) is 6.50. The Hall–Kier alpha value is -3.60. The normalized spacial score (nSPS) is 16.5. The molecule has 1 aliphatic rings. The summed E-state index contributed by atoms with van der Waals surface area (Å²) in [5.41, 5.74) is 4.50. The van der Waals surface area contributed by atoms with Gasteiger partial charge in [-0.15, -0.1) is 0 Å². The molecule has 33 heavy (non-hydrogen) atoms. The zero-order valence-electron chi connectivity index (χ0n) is 19.6. The van der Waals surface area contributed by atoms with Crippen LogP contribution in [0.15, 0.2) is 72.8 Å². The molecule has 170 valence electrons. The van der Waals surface area contributed by atoms with Gasteiger partial charge in [0.1, 0.15) is 18.3 Å². The fraction of sp³-hybridized carbons (Fsp3) is 0.286. The highest BCUT2D eigenvalue weighted by Gasteiger charge is 2.41. The van der Waals surface area contributed by atoms with Crippen LogP contribution in [0.3, 0.4) is 0 Å². The fourth-order valence-electron chi connectivity index (χ4n) is 4.15. The smallest absolute Gasteiger partial charge is 0.255 e. The van der Waals surface area contributed by atoms with Crippen LogP contribution in [-0.2, 0) is 9.59 Å². The van der Waals surface area contributed by atoms with Crippen LogP contribution in [-0.4, -0.2) is 25.0 Å². The quantitative estimate of drug-likeness (QED) is 0.497. The van der Waals surface area contributed by atoms with Crippen molar-refractivity contribution in [3.8, 4) is 5.75 Å². The van der Waals surface area contributed by atoms with Gasteiger partial charge in [0.2, 0.25) is 5.91 Å². The summed E-state index contributed by atoms with van der Waals surface area (Å²) in [6, 6.07) is 22.3. The van der Waals surface area contributed by atoms with E-state index in [-0.39, 0.29) is 18.4 Å². The van der Waals surface area contributed by atoms with E-state index in [4.69, 9.17) is 4.74 Å². The molecular formula is C28H30N2O3. The highest BCUT2D eigenvalue weighted by atomic mass is 16.5. The molecular weight excluding hydrogens is 412 g/mol. The first-order valence-corrected chi connectivity index (χ1v) is 11.4. The SMILES string of the molecule is CCOc1ccc(N2C(=O)CN(c3ccc(C)cc3)C(=O)[C@@H]2c2ccc(C(C)C)cc2)cc1. The molecule has 0 saturated carbocycles. The lowest BCUT2D eigenvalue weighted by atomic mass is 9.95. The highest BCUT2D eigenvalue weighted by molar-refractivity contribution is 6.14. The Bertz CT molecular complexity index is 1120. The van der Waals surface area contributed by atoms with Gasteiger partial charge in [-0.1, -0.05) is 55.8 Å². The predicted octanol–water partition coefficient (Wildman–Crippen LogP) is 5.64. The largest absolute Gasteiger partial charge is 0.494 e. The third-order valence-electron chi connectivity index (χ3n) is 6.01. The van der Waals surface area contributed by atoms with Crippen LogP contribution >= 0.6 is 0 Å². The van der Waals surface area contributed by atoms with E-state index in [1.807, 2.05) is 86.6 Å². The molecule has 1 fully saturated rings. The number of benzene rings is 3. The Morgan fingerprint density at radius 3 is 2.06 bits per heavy atom. The van der Waals surface area contributed by atoms with Crippen molar-refractivity contribution in [1.82, 2.24) is 0 Å². The standard InChI is InChI=1S/C28H30N2O3/c1-5-33-25-16-14-24(15-17-25)30-26(31)18-29(23-12-6-20(4)7-13-23)28(32)27(30)22-10-8-21(9-11-22)19(2)3/h6-17,19,27H,5,18H2,1-4H3/t27-/m0/s1. The zero-order valence-corrected chi connectivity index (χ0v) is 19.6. The van der Waals surface area contributed by atoms with Crippen molar-refractivity contribution < 1.29 is 14.3 Å². The van der Waals surface area contributed by atoms with Crippen LogP contribution < -0.4 is 14.5 Å². The number of nitrogens with zero attached hydrogens (tertiary/aromatic N) is 2. The summed E-state index contributed by atoms with van der Waals surface area (Å²) in [6.07, 6.45) is 0. The molecule has 3 aromatic carbocycles. The fourth-order valence-corrected chi connectivity index (χ4v) is 4.15. The van der Waals surface area contributed by atoms with Crippen molar-refractivity contribution in [3.63, 3.8) is 0 Å². The number of piperazine rings is 1. The molecule has 0 aliphatic carbocycles. The van der Waals surface area contributed by atoms with E-state index in [0.717, 1.165) is 22.6 Å². The third-order valence-corrected chi connectivity index (χ3v) is 6.01. The second kappa shape index (κ2) is 9.49. The predicted molar refractivity (Wildman–Crippen MR) is 132 cm³/mol. The summed E-state index contributed by atoms with van der Waals surface area (Å²) in [5, 5.41) is 0. The topological polar surface area (TPSA) is 49.9 Å². The van der Waals surface area contributed by atoms with E-state index >= 15 is 0 Å². The molecule has 1 heterocycles. The first-order chi connectivity index (χ1) is 15.9. The molecule has 0 N–H and O–H groups in total. The summed E-state index contributed by atoms with van der Waals surface area (Å²) in [6.45, 7) is 8.76. The van der Waals surface area contributed by atoms with Crippen molar-refractivity contribution in [3.05, 3.63) is 89.5 Å². The summed E-state index contributed by atoms with van der Waals surface area (Å²) in [7, 11) is 0. The monoisotopic (exact) mass is 442 g/mol. The van der Waals surface area contributed by atoms with Crippen molar-refractivity contribution in [2.45, 2.75) is 39.7 Å². The van der Waals surface area contributed by atoms with Gasteiger partial charge in [0.25, 0.3) is 5.91 Å². The highest BCUT2D eigenvalue weighted by Crippen LogP contribution is 2.35. The van der Waals surface area contributed by atoms with Crippen LogP contribution in [0.4, 0.5) is 11.4 Å². The summed E-state index contributed by atoms with van der Waals surface area (Å²) in [4.78, 5) is 30.5. The first kappa shape index (κ1) is 22.6. The molecule has 5 nitrogen and oxygen atoms in total. The maximum absolute atomic E-state index is 13.8. The number of anilines is 2. The van der Waals surface area contributed by atoms with Gasteiger partial charge in [-0.3, -0.25) is 14.5 Å². The minimum Gasteiger partial charge on any atom is -0.494 e. The Morgan fingerprint density at radius 1 is 0.879 bits per heavy atom. The zero-order chi connectivity index (χ0) is 23.5. The average molecular weight is 443 g/mol. The number of hydrogen-bond donors (Lipinski definition) is 0. The van der Waals surface area contributed by atoms with E-state index < -0.39 is 6.04 Å². The number of aryl methyl sites for hydroxylation is 1. The lowest BCUT2D eigenvalue weighted by Crippen LogP contribution is -2.56. The first-order valence-electron chi connectivity index (χ1n) is 11.4. The second-order valence-electron chi connectivity index (χ2n) is 8.67. The van der Waals surface area contributed by atoms with Gasteiger partial charge in [-0.05, 0) is 67.3 Å². The summed E-state index contributed by atoms with van der Waals surface area (Å²) in [5.74, 6) is 0.868. The molecule has 0 bridgehead atoms. The molecule has 3 aromatic rings. The third kappa shape index (κ3) is 4.63. The average Bonchev–Trinajstić information content (AvgIpc) is 2.81. The van der Waals surface area contributed by atoms with Crippen LogP contribution in [0.5, 0.6) is 5.75 Å². The van der Waals surface area contributed by atoms with Gasteiger partial charge < -0.3 is 9.64 Å². The molecule has 2 amide bonds. The van der Waals surface area contributed by atoms with Crippen LogP contribution in [0.1, 0.15) is 49.4 Å². The maximum atomic E-state index is 13.8. The van der Waals surface area contributed by atoms with E-state index in [1.54, 1.807) is 9.80 Å². The Balaban J connectivity index is 1.76. The van der Waals surface area contributed by atoms with Crippen molar-refractivity contribution in [1.29, 1.82) is 0 Å². The van der Waals surface area contributed by atoms with Crippen LogP contribution in [0, 0.1) is 6.92 Å². The van der Waals surface area contributed by atoms with Crippen molar-refractivity contribution in [2.24, 2.45) is 0 Å². The molecule has 0 unspecified atom stereocenters. The van der Waals surface area contributed by atoms with Gasteiger partial charge in [0, 0.05) is 11.4 Å². The van der Waals surface area contributed by atoms with Gasteiger partial charge in [0.15, 0.2) is 0 Å². The molecule has 1 saturated heterocycles. The molecule has 5 heteroatoms. The van der Waals surface area contributed by atoms with E-state index in [2.05, 4.69) is 13.8 Å². The van der Waals surface area contributed by atoms with Gasteiger partial charge in [0.05, 0.1) is 6.61 Å². The lowest BCUT2D eigenvalue weighted by Gasteiger charge is -2.40. The molecule has 1 aliphatic heterocycles. The Morgan fingerprint density at radius 2 is 1.48 bits per heavy atom.